The smallest absolute Gasteiger partial charge is 0.227 e. The summed E-state index contributed by atoms with van der Waals surface area (Å²) in [6.45, 7) is 3.45. The van der Waals surface area contributed by atoms with Gasteiger partial charge in [0, 0.05) is 31.6 Å². The van der Waals surface area contributed by atoms with Gasteiger partial charge in [0.05, 0.1) is 0 Å². The quantitative estimate of drug-likeness (QED) is 0.666. The van der Waals surface area contributed by atoms with E-state index in [1.165, 1.54) is 6.92 Å². The van der Waals surface area contributed by atoms with Crippen molar-refractivity contribution in [2.24, 2.45) is 0 Å². The molecule has 144 valence electrons. The van der Waals surface area contributed by atoms with Gasteiger partial charge in [0.15, 0.2) is 5.82 Å². The largest absolute Gasteiger partial charge is 0.457 e. The fourth-order valence-corrected chi connectivity index (χ4v) is 2.63. The summed E-state index contributed by atoms with van der Waals surface area (Å²) in [5.41, 5.74) is 0.693. The maximum atomic E-state index is 12.1. The van der Waals surface area contributed by atoms with Crippen LogP contribution in [-0.4, -0.2) is 23.5 Å². The number of carbonyl (C=O) groups is 2. The van der Waals surface area contributed by atoms with E-state index in [9.17, 15) is 9.59 Å². The predicted molar refractivity (Wildman–Crippen MR) is 105 cm³/mol. The molecule has 0 atom stereocenters. The lowest BCUT2D eigenvalue weighted by atomic mass is 10.2. The average Bonchev–Trinajstić information content (AvgIpc) is 3.08. The predicted octanol–water partition coefficient (Wildman–Crippen LogP) is 4.16. The summed E-state index contributed by atoms with van der Waals surface area (Å²) in [6, 6.07) is 18.2. The number of para-hydroxylation sites is 1. The highest BCUT2D eigenvalue weighted by Crippen LogP contribution is 2.24. The standard InChI is InChI=1S/C21H21N3O4/c1-15-14-20(23-28-15)22-21(26)12-13-24(16(2)25)17-8-10-19(11-9-17)27-18-6-4-3-5-7-18/h3-11,14H,12-13H2,1-2H3,(H,22,23,26). The molecule has 28 heavy (non-hydrogen) atoms. The highest BCUT2D eigenvalue weighted by atomic mass is 16.5. The van der Waals surface area contributed by atoms with Crippen LogP contribution in [0.5, 0.6) is 11.5 Å². The van der Waals surface area contributed by atoms with Crippen molar-refractivity contribution >= 4 is 23.3 Å². The molecule has 2 aromatic carbocycles. The number of rotatable bonds is 7. The molecule has 0 fully saturated rings. The molecule has 7 nitrogen and oxygen atoms in total. The highest BCUT2D eigenvalue weighted by molar-refractivity contribution is 5.94. The molecule has 7 heteroatoms. The second-order valence-electron chi connectivity index (χ2n) is 6.20. The van der Waals surface area contributed by atoms with Crippen molar-refractivity contribution in [2.45, 2.75) is 20.3 Å². The molecule has 2 amide bonds. The Labute approximate surface area is 162 Å². The van der Waals surface area contributed by atoms with Crippen LogP contribution in [-0.2, 0) is 9.59 Å². The summed E-state index contributed by atoms with van der Waals surface area (Å²) in [5.74, 6) is 1.97. The first kappa shape index (κ1) is 19.2. The third-order valence-corrected chi connectivity index (χ3v) is 3.97. The monoisotopic (exact) mass is 379 g/mol. The second-order valence-corrected chi connectivity index (χ2v) is 6.20. The zero-order chi connectivity index (χ0) is 19.9. The summed E-state index contributed by atoms with van der Waals surface area (Å²) in [4.78, 5) is 25.7. The second kappa shape index (κ2) is 8.85. The molecule has 1 heterocycles. The van der Waals surface area contributed by atoms with E-state index in [-0.39, 0.29) is 24.8 Å². The van der Waals surface area contributed by atoms with E-state index in [0.29, 0.717) is 23.0 Å². The van der Waals surface area contributed by atoms with E-state index >= 15 is 0 Å². The number of hydrogen-bond donors (Lipinski definition) is 1. The first-order valence-corrected chi connectivity index (χ1v) is 8.85. The van der Waals surface area contributed by atoms with Crippen molar-refractivity contribution in [3.8, 4) is 11.5 Å². The molecule has 1 aromatic heterocycles. The van der Waals surface area contributed by atoms with Gasteiger partial charge in [-0.05, 0) is 43.3 Å². The van der Waals surface area contributed by atoms with Gasteiger partial charge in [0.2, 0.25) is 11.8 Å². The van der Waals surface area contributed by atoms with Crippen LogP contribution in [0.1, 0.15) is 19.1 Å². The van der Waals surface area contributed by atoms with Crippen LogP contribution in [0.4, 0.5) is 11.5 Å². The number of benzene rings is 2. The molecule has 0 spiro atoms. The lowest BCUT2D eigenvalue weighted by Gasteiger charge is -2.21. The van der Waals surface area contributed by atoms with Crippen molar-refractivity contribution in [2.75, 3.05) is 16.8 Å². The summed E-state index contributed by atoms with van der Waals surface area (Å²) in [7, 11) is 0. The van der Waals surface area contributed by atoms with Gasteiger partial charge in [-0.25, -0.2) is 0 Å². The SMILES string of the molecule is CC(=O)N(CCC(=O)Nc1cc(C)on1)c1ccc(Oc2ccccc2)cc1. The molecule has 0 aliphatic rings. The number of anilines is 2. The first-order valence-electron chi connectivity index (χ1n) is 8.85. The van der Waals surface area contributed by atoms with Gasteiger partial charge in [0.25, 0.3) is 0 Å². The van der Waals surface area contributed by atoms with Crippen LogP contribution >= 0.6 is 0 Å². The topological polar surface area (TPSA) is 84.7 Å². The summed E-state index contributed by atoms with van der Waals surface area (Å²) < 4.78 is 10.7. The Bertz CT molecular complexity index is 936. The Morgan fingerprint density at radius 2 is 1.75 bits per heavy atom. The van der Waals surface area contributed by atoms with E-state index in [2.05, 4.69) is 10.5 Å². The van der Waals surface area contributed by atoms with Crippen molar-refractivity contribution in [3.63, 3.8) is 0 Å². The number of amides is 2. The van der Waals surface area contributed by atoms with Crippen molar-refractivity contribution in [1.29, 1.82) is 0 Å². The molecule has 0 aliphatic heterocycles. The van der Waals surface area contributed by atoms with Crippen molar-refractivity contribution in [1.82, 2.24) is 5.16 Å². The van der Waals surface area contributed by atoms with E-state index in [1.54, 1.807) is 42.2 Å². The minimum absolute atomic E-state index is 0.133. The number of carbonyl (C=O) groups excluding carboxylic acids is 2. The lowest BCUT2D eigenvalue weighted by molar-refractivity contribution is -0.117. The summed E-state index contributed by atoms with van der Waals surface area (Å²) in [5, 5.41) is 6.36. The van der Waals surface area contributed by atoms with Crippen molar-refractivity contribution in [3.05, 3.63) is 66.4 Å². The van der Waals surface area contributed by atoms with E-state index in [0.717, 1.165) is 5.75 Å². The van der Waals surface area contributed by atoms with Crippen LogP contribution < -0.4 is 15.0 Å². The third kappa shape index (κ3) is 5.20. The molecular formula is C21H21N3O4. The zero-order valence-electron chi connectivity index (χ0n) is 15.7. The van der Waals surface area contributed by atoms with Gasteiger partial charge in [-0.2, -0.15) is 0 Å². The molecule has 3 rings (SSSR count). The maximum Gasteiger partial charge on any atom is 0.227 e. The number of aromatic nitrogens is 1. The average molecular weight is 379 g/mol. The fraction of sp³-hybridized carbons (Fsp3) is 0.190. The Hall–Kier alpha value is -3.61. The number of hydrogen-bond acceptors (Lipinski definition) is 5. The molecule has 0 bridgehead atoms. The van der Waals surface area contributed by atoms with Gasteiger partial charge in [0.1, 0.15) is 17.3 Å². The van der Waals surface area contributed by atoms with Crippen LogP contribution in [0.15, 0.2) is 65.2 Å². The number of nitrogens with one attached hydrogen (secondary N) is 1. The molecular weight excluding hydrogens is 358 g/mol. The molecule has 3 aromatic rings. The van der Waals surface area contributed by atoms with Gasteiger partial charge >= 0.3 is 0 Å². The lowest BCUT2D eigenvalue weighted by Crippen LogP contribution is -2.31. The van der Waals surface area contributed by atoms with E-state index in [4.69, 9.17) is 9.26 Å². The van der Waals surface area contributed by atoms with Crippen molar-refractivity contribution < 1.29 is 18.8 Å². The minimum atomic E-state index is -0.247. The Morgan fingerprint density at radius 3 is 2.36 bits per heavy atom. The number of ether oxygens (including phenoxy) is 1. The van der Waals surface area contributed by atoms with Gasteiger partial charge in [-0.1, -0.05) is 23.4 Å². The molecule has 1 N–H and O–H groups in total. The fourth-order valence-electron chi connectivity index (χ4n) is 2.63. The number of nitrogens with zero attached hydrogens (tertiary/aromatic N) is 2. The molecule has 0 unspecified atom stereocenters. The Morgan fingerprint density at radius 1 is 1.07 bits per heavy atom. The molecule has 0 saturated carbocycles. The minimum Gasteiger partial charge on any atom is -0.457 e. The zero-order valence-corrected chi connectivity index (χ0v) is 15.7. The first-order chi connectivity index (χ1) is 13.5. The Balaban J connectivity index is 1.60. The van der Waals surface area contributed by atoms with E-state index < -0.39 is 0 Å². The maximum absolute atomic E-state index is 12.1. The van der Waals surface area contributed by atoms with Gasteiger partial charge in [-0.3, -0.25) is 9.59 Å². The van der Waals surface area contributed by atoms with Gasteiger partial charge in [-0.15, -0.1) is 0 Å². The molecule has 0 aliphatic carbocycles. The number of aryl methyl sites for hydroxylation is 1. The molecule has 0 radical (unpaired) electrons. The van der Waals surface area contributed by atoms with Crippen LogP contribution in [0.25, 0.3) is 0 Å². The Kier molecular flexibility index (Phi) is 6.06. The highest BCUT2D eigenvalue weighted by Gasteiger charge is 2.14. The summed E-state index contributed by atoms with van der Waals surface area (Å²) >= 11 is 0. The molecule has 0 saturated heterocycles. The van der Waals surface area contributed by atoms with Gasteiger partial charge < -0.3 is 19.5 Å². The third-order valence-electron chi connectivity index (χ3n) is 3.97. The van der Waals surface area contributed by atoms with Crippen LogP contribution in [0, 0.1) is 6.92 Å². The van der Waals surface area contributed by atoms with Crippen LogP contribution in [0.3, 0.4) is 0 Å². The summed E-state index contributed by atoms with van der Waals surface area (Å²) in [6.07, 6.45) is 0.133. The normalized spacial score (nSPS) is 10.4. The van der Waals surface area contributed by atoms with E-state index in [1.807, 2.05) is 30.3 Å². The van der Waals surface area contributed by atoms with Crippen LogP contribution in [0.2, 0.25) is 0 Å².